The van der Waals surface area contributed by atoms with Crippen LogP contribution in [0.3, 0.4) is 0 Å². The molecule has 4 nitrogen and oxygen atoms in total. The fourth-order valence-corrected chi connectivity index (χ4v) is 2.06. The third-order valence-electron chi connectivity index (χ3n) is 3.16. The van der Waals surface area contributed by atoms with E-state index in [1.54, 1.807) is 12.1 Å². The van der Waals surface area contributed by atoms with Crippen LogP contribution < -0.4 is 0 Å². The molecule has 0 saturated heterocycles. The Hall–Kier alpha value is -2.56. The van der Waals surface area contributed by atoms with E-state index in [-0.39, 0.29) is 17.3 Å². The lowest BCUT2D eigenvalue weighted by Gasteiger charge is -2.02. The molecule has 0 bridgehead atoms. The quantitative estimate of drug-likeness (QED) is 0.459. The van der Waals surface area contributed by atoms with Crippen molar-refractivity contribution in [2.45, 2.75) is 19.3 Å². The van der Waals surface area contributed by atoms with E-state index < -0.39 is 4.92 Å². The molecule has 21 heavy (non-hydrogen) atoms. The molecule has 0 aliphatic rings. The zero-order valence-electron chi connectivity index (χ0n) is 11.3. The van der Waals surface area contributed by atoms with Gasteiger partial charge in [0.05, 0.1) is 4.92 Å². The number of carbonyl (C=O) groups excluding carboxylic acids is 1. The molecule has 0 spiro atoms. The van der Waals surface area contributed by atoms with Gasteiger partial charge in [0.2, 0.25) is 0 Å². The molecule has 108 valence electrons. The van der Waals surface area contributed by atoms with Crippen molar-refractivity contribution in [3.05, 3.63) is 75.6 Å². The van der Waals surface area contributed by atoms with Gasteiger partial charge in [0.1, 0.15) is 5.82 Å². The lowest BCUT2D eigenvalue weighted by molar-refractivity contribution is -0.384. The van der Waals surface area contributed by atoms with Gasteiger partial charge in [-0.05, 0) is 42.7 Å². The molecule has 5 heteroatoms. The monoisotopic (exact) mass is 287 g/mol. The van der Waals surface area contributed by atoms with Crippen molar-refractivity contribution in [2.24, 2.45) is 0 Å². The molecule has 0 fully saturated rings. The summed E-state index contributed by atoms with van der Waals surface area (Å²) in [6.07, 6.45) is 1.51. The number of nitrogens with zero attached hydrogens (tertiary/aromatic N) is 1. The largest absolute Gasteiger partial charge is 0.294 e. The summed E-state index contributed by atoms with van der Waals surface area (Å²) in [5, 5.41) is 10.7. The molecule has 0 amide bonds. The fraction of sp³-hybridized carbons (Fsp3) is 0.188. The van der Waals surface area contributed by atoms with Gasteiger partial charge < -0.3 is 0 Å². The second kappa shape index (κ2) is 6.74. The number of aryl methyl sites for hydroxylation is 1. The van der Waals surface area contributed by atoms with Gasteiger partial charge in [-0.1, -0.05) is 12.1 Å². The maximum atomic E-state index is 12.8. The van der Waals surface area contributed by atoms with E-state index in [4.69, 9.17) is 0 Å². The van der Waals surface area contributed by atoms with Crippen LogP contribution in [0.2, 0.25) is 0 Å². The first-order valence-corrected chi connectivity index (χ1v) is 6.58. The Morgan fingerprint density at radius 3 is 2.52 bits per heavy atom. The minimum Gasteiger partial charge on any atom is -0.294 e. The molecule has 0 unspecified atom stereocenters. The van der Waals surface area contributed by atoms with Crippen molar-refractivity contribution in [2.75, 3.05) is 0 Å². The Labute approximate surface area is 121 Å². The van der Waals surface area contributed by atoms with Crippen LogP contribution in [-0.4, -0.2) is 10.7 Å². The lowest BCUT2D eigenvalue weighted by Crippen LogP contribution is -2.00. The number of rotatable bonds is 6. The van der Waals surface area contributed by atoms with Gasteiger partial charge in [-0.25, -0.2) is 4.39 Å². The maximum absolute atomic E-state index is 12.8. The summed E-state index contributed by atoms with van der Waals surface area (Å²) in [4.78, 5) is 22.1. The van der Waals surface area contributed by atoms with E-state index in [1.165, 1.54) is 36.4 Å². The van der Waals surface area contributed by atoms with Crippen molar-refractivity contribution in [1.29, 1.82) is 0 Å². The normalized spacial score (nSPS) is 10.3. The molecule has 0 aliphatic heterocycles. The Kier molecular flexibility index (Phi) is 4.77. The molecule has 0 atom stereocenters. The van der Waals surface area contributed by atoms with Crippen LogP contribution >= 0.6 is 0 Å². The highest BCUT2D eigenvalue weighted by Crippen LogP contribution is 2.16. The summed E-state index contributed by atoms with van der Waals surface area (Å²) in [6.45, 7) is 0. The molecule has 2 aromatic carbocycles. The Bertz CT molecular complexity index is 653. The summed E-state index contributed by atoms with van der Waals surface area (Å²) in [7, 11) is 0. The minimum absolute atomic E-state index is 0.0531. The van der Waals surface area contributed by atoms with Crippen molar-refractivity contribution >= 4 is 11.5 Å². The first-order valence-electron chi connectivity index (χ1n) is 6.58. The van der Waals surface area contributed by atoms with Crippen molar-refractivity contribution in [1.82, 2.24) is 0 Å². The topological polar surface area (TPSA) is 60.2 Å². The number of hydrogen-bond donors (Lipinski definition) is 0. The zero-order valence-corrected chi connectivity index (χ0v) is 11.3. The van der Waals surface area contributed by atoms with Crippen LogP contribution in [0, 0.1) is 15.9 Å². The van der Waals surface area contributed by atoms with Crippen LogP contribution in [0.25, 0.3) is 0 Å². The summed E-state index contributed by atoms with van der Waals surface area (Å²) in [5.74, 6) is -0.427. The van der Waals surface area contributed by atoms with Gasteiger partial charge in [0, 0.05) is 24.1 Å². The lowest BCUT2D eigenvalue weighted by atomic mass is 10.0. The van der Waals surface area contributed by atoms with Crippen LogP contribution in [0.15, 0.2) is 48.5 Å². The van der Waals surface area contributed by atoms with Gasteiger partial charge in [-0.3, -0.25) is 14.9 Å². The number of halogens is 1. The van der Waals surface area contributed by atoms with E-state index in [2.05, 4.69) is 0 Å². The van der Waals surface area contributed by atoms with Crippen molar-refractivity contribution in [3.63, 3.8) is 0 Å². The number of nitro benzene ring substituents is 1. The van der Waals surface area contributed by atoms with Gasteiger partial charge in [0.25, 0.3) is 5.69 Å². The van der Waals surface area contributed by atoms with Gasteiger partial charge in [-0.15, -0.1) is 0 Å². The first-order chi connectivity index (χ1) is 10.1. The van der Waals surface area contributed by atoms with E-state index >= 15 is 0 Å². The number of ketones is 1. The van der Waals surface area contributed by atoms with Crippen LogP contribution in [0.5, 0.6) is 0 Å². The second-order valence-corrected chi connectivity index (χ2v) is 4.71. The molecule has 0 radical (unpaired) electrons. The molecule has 0 saturated carbocycles. The van der Waals surface area contributed by atoms with Crippen LogP contribution in [0.4, 0.5) is 10.1 Å². The smallest absolute Gasteiger partial charge is 0.269 e. The zero-order chi connectivity index (χ0) is 15.2. The SMILES string of the molecule is O=C(CCCc1cccc([N+](=O)[O-])c1)c1ccc(F)cc1. The predicted molar refractivity (Wildman–Crippen MR) is 76.8 cm³/mol. The molecule has 0 aliphatic carbocycles. The third-order valence-corrected chi connectivity index (χ3v) is 3.16. The standard InChI is InChI=1S/C16H14FNO3/c17-14-9-7-13(8-10-14)16(19)6-2-4-12-3-1-5-15(11-12)18(20)21/h1,3,5,7-11H,2,4,6H2. The summed E-state index contributed by atoms with van der Waals surface area (Å²) >= 11 is 0. The third kappa shape index (κ3) is 4.21. The van der Waals surface area contributed by atoms with E-state index in [9.17, 15) is 19.3 Å². The number of Topliss-reactive ketones (excluding diaryl/α,β-unsaturated/α-hetero) is 1. The van der Waals surface area contributed by atoms with Crippen LogP contribution in [-0.2, 0) is 6.42 Å². The number of nitro groups is 1. The predicted octanol–water partition coefficient (Wildman–Crippen LogP) is 3.94. The molecule has 0 heterocycles. The number of benzene rings is 2. The molecular weight excluding hydrogens is 273 g/mol. The average Bonchev–Trinajstić information content (AvgIpc) is 2.48. The number of non-ortho nitro benzene ring substituents is 1. The highest BCUT2D eigenvalue weighted by molar-refractivity contribution is 5.95. The van der Waals surface area contributed by atoms with Gasteiger partial charge >= 0.3 is 0 Å². The maximum Gasteiger partial charge on any atom is 0.269 e. The molecule has 0 N–H and O–H groups in total. The average molecular weight is 287 g/mol. The highest BCUT2D eigenvalue weighted by Gasteiger charge is 2.08. The second-order valence-electron chi connectivity index (χ2n) is 4.71. The van der Waals surface area contributed by atoms with Crippen LogP contribution in [0.1, 0.15) is 28.8 Å². The number of hydrogen-bond acceptors (Lipinski definition) is 3. The molecule has 2 rings (SSSR count). The van der Waals surface area contributed by atoms with E-state index in [1.807, 2.05) is 0 Å². The number of carbonyl (C=O) groups is 1. The van der Waals surface area contributed by atoms with E-state index in [0.717, 1.165) is 5.56 Å². The van der Waals surface area contributed by atoms with E-state index in [0.29, 0.717) is 24.8 Å². The first kappa shape index (κ1) is 14.8. The summed E-state index contributed by atoms with van der Waals surface area (Å²) < 4.78 is 12.8. The minimum atomic E-state index is -0.437. The fourth-order valence-electron chi connectivity index (χ4n) is 2.06. The Morgan fingerprint density at radius 1 is 1.14 bits per heavy atom. The highest BCUT2D eigenvalue weighted by atomic mass is 19.1. The van der Waals surface area contributed by atoms with Crippen molar-refractivity contribution < 1.29 is 14.1 Å². The van der Waals surface area contributed by atoms with Gasteiger partial charge in [0.15, 0.2) is 5.78 Å². The Balaban J connectivity index is 1.89. The Morgan fingerprint density at radius 2 is 1.86 bits per heavy atom. The van der Waals surface area contributed by atoms with Gasteiger partial charge in [-0.2, -0.15) is 0 Å². The van der Waals surface area contributed by atoms with Crippen molar-refractivity contribution in [3.8, 4) is 0 Å². The summed E-state index contributed by atoms with van der Waals surface area (Å²) in [5.41, 5.74) is 1.36. The molecular formula is C16H14FNO3. The molecule has 0 aromatic heterocycles. The molecule has 2 aromatic rings. The summed E-state index contributed by atoms with van der Waals surface area (Å²) in [6, 6.07) is 11.8.